The molecule has 0 spiro atoms. The molecule has 5 heteroatoms. The van der Waals surface area contributed by atoms with E-state index in [-0.39, 0.29) is 22.9 Å². The Labute approximate surface area is 94.0 Å². The minimum Gasteiger partial charge on any atom is -0.461 e. The number of nitrogens with two attached hydrogens (primary N) is 1. The van der Waals surface area contributed by atoms with Crippen molar-refractivity contribution in [3.05, 3.63) is 11.6 Å². The largest absolute Gasteiger partial charge is 0.461 e. The van der Waals surface area contributed by atoms with E-state index in [1.165, 1.54) is 0 Å². The Hall–Kier alpha value is -1.52. The molecule has 2 rings (SSSR count). The first-order valence-electron chi connectivity index (χ1n) is 5.39. The summed E-state index contributed by atoms with van der Waals surface area (Å²) >= 11 is 0. The van der Waals surface area contributed by atoms with Gasteiger partial charge in [-0.3, -0.25) is 0 Å². The average Bonchev–Trinajstić information content (AvgIpc) is 2.67. The van der Waals surface area contributed by atoms with Gasteiger partial charge in [0.1, 0.15) is 0 Å². The fourth-order valence-corrected chi connectivity index (χ4v) is 1.73. The van der Waals surface area contributed by atoms with Gasteiger partial charge in [0.2, 0.25) is 17.5 Å². The third-order valence-electron chi connectivity index (χ3n) is 2.95. The normalized spacial score (nSPS) is 21.8. The molecule has 1 fully saturated rings. The monoisotopic (exact) mass is 224 g/mol. The van der Waals surface area contributed by atoms with Gasteiger partial charge < -0.3 is 14.9 Å². The van der Waals surface area contributed by atoms with Gasteiger partial charge in [0.25, 0.3) is 0 Å². The summed E-state index contributed by atoms with van der Waals surface area (Å²) in [7, 11) is 0. The van der Waals surface area contributed by atoms with Gasteiger partial charge in [0, 0.05) is 5.92 Å². The molecule has 0 aliphatic heterocycles. The lowest BCUT2D eigenvalue weighted by Crippen LogP contribution is -2.07. The zero-order valence-corrected chi connectivity index (χ0v) is 9.74. The maximum Gasteiger partial charge on any atom is 0.362 e. The van der Waals surface area contributed by atoms with Gasteiger partial charge in [-0.15, -0.1) is 0 Å². The van der Waals surface area contributed by atoms with Crippen molar-refractivity contribution >= 4 is 11.9 Å². The van der Waals surface area contributed by atoms with Crippen molar-refractivity contribution in [1.29, 1.82) is 0 Å². The van der Waals surface area contributed by atoms with E-state index in [4.69, 9.17) is 14.9 Å². The molecule has 5 nitrogen and oxygen atoms in total. The number of rotatable bonds is 3. The average molecular weight is 224 g/mol. The summed E-state index contributed by atoms with van der Waals surface area (Å²) in [5.41, 5.74) is 5.89. The standard InChI is InChI=1S/C11H16N2O3/c1-4-15-10(14)7-8(12)16-9(13-7)6-5-11(6,2)3/h6H,4-5,12H2,1-3H3. The Kier molecular flexibility index (Phi) is 2.40. The van der Waals surface area contributed by atoms with Crippen LogP contribution in [-0.4, -0.2) is 17.6 Å². The quantitative estimate of drug-likeness (QED) is 0.794. The third kappa shape index (κ3) is 1.77. The van der Waals surface area contributed by atoms with Gasteiger partial charge in [-0.1, -0.05) is 13.8 Å². The lowest BCUT2D eigenvalue weighted by Gasteiger charge is -1.97. The predicted octanol–water partition coefficient (Wildman–Crippen LogP) is 1.95. The highest BCUT2D eigenvalue weighted by Gasteiger charge is 2.50. The van der Waals surface area contributed by atoms with E-state index in [0.29, 0.717) is 12.5 Å². The Morgan fingerprint density at radius 1 is 1.69 bits per heavy atom. The van der Waals surface area contributed by atoms with Crippen LogP contribution in [0.4, 0.5) is 5.88 Å². The topological polar surface area (TPSA) is 78.3 Å². The van der Waals surface area contributed by atoms with Crippen LogP contribution in [0.5, 0.6) is 0 Å². The molecule has 88 valence electrons. The van der Waals surface area contributed by atoms with E-state index >= 15 is 0 Å². The summed E-state index contributed by atoms with van der Waals surface area (Å²) in [5, 5.41) is 0. The van der Waals surface area contributed by atoms with Gasteiger partial charge in [-0.2, -0.15) is 0 Å². The van der Waals surface area contributed by atoms with Gasteiger partial charge in [-0.05, 0) is 18.8 Å². The van der Waals surface area contributed by atoms with Crippen LogP contribution in [0.15, 0.2) is 4.42 Å². The first-order valence-corrected chi connectivity index (χ1v) is 5.39. The number of nitrogens with zero attached hydrogens (tertiary/aromatic N) is 1. The van der Waals surface area contributed by atoms with Gasteiger partial charge in [-0.25, -0.2) is 9.78 Å². The summed E-state index contributed by atoms with van der Waals surface area (Å²) in [6, 6.07) is 0. The second-order valence-electron chi connectivity index (χ2n) is 4.73. The van der Waals surface area contributed by atoms with Crippen LogP contribution in [0.3, 0.4) is 0 Å². The number of anilines is 1. The van der Waals surface area contributed by atoms with Crippen molar-refractivity contribution in [2.45, 2.75) is 33.1 Å². The van der Waals surface area contributed by atoms with Gasteiger partial charge >= 0.3 is 5.97 Å². The minimum absolute atomic E-state index is 0.0520. The molecule has 1 aliphatic rings. The van der Waals surface area contributed by atoms with Crippen LogP contribution in [0, 0.1) is 5.41 Å². The molecular weight excluding hydrogens is 208 g/mol. The van der Waals surface area contributed by atoms with Crippen LogP contribution >= 0.6 is 0 Å². The molecule has 1 heterocycles. The molecule has 0 radical (unpaired) electrons. The molecule has 0 aromatic carbocycles. The molecule has 0 amide bonds. The van der Waals surface area contributed by atoms with E-state index in [9.17, 15) is 4.79 Å². The second kappa shape index (κ2) is 3.50. The number of ether oxygens (including phenoxy) is 1. The molecular formula is C11H16N2O3. The van der Waals surface area contributed by atoms with E-state index in [1.807, 2.05) is 0 Å². The van der Waals surface area contributed by atoms with E-state index in [2.05, 4.69) is 18.8 Å². The van der Waals surface area contributed by atoms with E-state index < -0.39 is 5.97 Å². The van der Waals surface area contributed by atoms with Crippen molar-refractivity contribution < 1.29 is 13.9 Å². The Balaban J connectivity index is 2.20. The number of hydrogen-bond acceptors (Lipinski definition) is 5. The molecule has 1 aromatic rings. The van der Waals surface area contributed by atoms with Gasteiger partial charge in [0.05, 0.1) is 6.61 Å². The molecule has 0 bridgehead atoms. The Morgan fingerprint density at radius 2 is 2.31 bits per heavy atom. The zero-order valence-electron chi connectivity index (χ0n) is 9.74. The third-order valence-corrected chi connectivity index (χ3v) is 2.95. The highest BCUT2D eigenvalue weighted by Crippen LogP contribution is 2.58. The van der Waals surface area contributed by atoms with Crippen molar-refractivity contribution in [3.8, 4) is 0 Å². The first kappa shape index (κ1) is 11.0. The zero-order chi connectivity index (χ0) is 11.9. The maximum absolute atomic E-state index is 11.5. The van der Waals surface area contributed by atoms with E-state index in [1.54, 1.807) is 6.92 Å². The molecule has 1 unspecified atom stereocenters. The fraction of sp³-hybridized carbons (Fsp3) is 0.636. The highest BCUT2D eigenvalue weighted by atomic mass is 16.5. The number of hydrogen-bond donors (Lipinski definition) is 1. The van der Waals surface area contributed by atoms with Crippen molar-refractivity contribution in [2.24, 2.45) is 5.41 Å². The Morgan fingerprint density at radius 3 is 2.81 bits per heavy atom. The Bertz CT molecular complexity index is 423. The maximum atomic E-state index is 11.5. The fourth-order valence-electron chi connectivity index (χ4n) is 1.73. The summed E-state index contributed by atoms with van der Waals surface area (Å²) < 4.78 is 10.1. The van der Waals surface area contributed by atoms with Gasteiger partial charge in [0.15, 0.2) is 0 Å². The predicted molar refractivity (Wildman–Crippen MR) is 58.0 cm³/mol. The van der Waals surface area contributed by atoms with Crippen LogP contribution in [-0.2, 0) is 4.74 Å². The number of esters is 1. The molecule has 1 atom stereocenters. The number of carbonyl (C=O) groups excluding carboxylic acids is 1. The molecule has 1 aliphatic carbocycles. The molecule has 1 aromatic heterocycles. The number of carbonyl (C=O) groups is 1. The summed E-state index contributed by atoms with van der Waals surface area (Å²) in [5.74, 6) is 0.341. The summed E-state index contributed by atoms with van der Waals surface area (Å²) in [4.78, 5) is 15.6. The second-order valence-corrected chi connectivity index (χ2v) is 4.73. The van der Waals surface area contributed by atoms with Crippen LogP contribution in [0.1, 0.15) is 49.5 Å². The molecule has 2 N–H and O–H groups in total. The van der Waals surface area contributed by atoms with E-state index in [0.717, 1.165) is 6.42 Å². The lowest BCUT2D eigenvalue weighted by atomic mass is 10.1. The smallest absolute Gasteiger partial charge is 0.362 e. The lowest BCUT2D eigenvalue weighted by molar-refractivity contribution is 0.0521. The minimum atomic E-state index is -0.520. The van der Waals surface area contributed by atoms with Crippen LogP contribution in [0.25, 0.3) is 0 Å². The highest BCUT2D eigenvalue weighted by molar-refractivity contribution is 5.91. The SMILES string of the molecule is CCOC(=O)c1nc(C2CC2(C)C)oc1N. The van der Waals surface area contributed by atoms with Crippen molar-refractivity contribution in [3.63, 3.8) is 0 Å². The summed E-state index contributed by atoms with van der Waals surface area (Å²) in [6.07, 6.45) is 1.01. The van der Waals surface area contributed by atoms with Crippen LogP contribution in [0.2, 0.25) is 0 Å². The number of oxazole rings is 1. The molecule has 1 saturated carbocycles. The first-order chi connectivity index (χ1) is 7.45. The molecule has 0 saturated heterocycles. The summed E-state index contributed by atoms with van der Waals surface area (Å²) in [6.45, 7) is 6.29. The molecule has 16 heavy (non-hydrogen) atoms. The van der Waals surface area contributed by atoms with Crippen molar-refractivity contribution in [2.75, 3.05) is 12.3 Å². The number of aromatic nitrogens is 1. The van der Waals surface area contributed by atoms with Crippen molar-refractivity contribution in [1.82, 2.24) is 4.98 Å². The number of nitrogen functional groups attached to an aromatic ring is 1. The van der Waals surface area contributed by atoms with Crippen LogP contribution < -0.4 is 5.73 Å².